The quantitative estimate of drug-likeness (QED) is 0.248. The fraction of sp³-hybridized carbons (Fsp3) is 0.733. The fourth-order valence-corrected chi connectivity index (χ4v) is 2.94. The number of rotatable bonds is 14. The van der Waals surface area contributed by atoms with Gasteiger partial charge >= 0.3 is 5.97 Å². The third-order valence-electron chi connectivity index (χ3n) is 3.51. The van der Waals surface area contributed by atoms with Crippen molar-refractivity contribution in [2.75, 3.05) is 24.0 Å². The molecule has 0 radical (unpaired) electrons. The van der Waals surface area contributed by atoms with Crippen molar-refractivity contribution in [1.29, 1.82) is 0 Å². The summed E-state index contributed by atoms with van der Waals surface area (Å²) in [6.45, 7) is 0. The number of primary amides is 1. The SMILES string of the molecule is CSCCC(N)C(=O)NC(CCC(N)=O)C(=O)NC(CCSC)C(=O)O. The maximum absolute atomic E-state index is 12.4. The van der Waals surface area contributed by atoms with Crippen molar-refractivity contribution in [3.05, 3.63) is 0 Å². The maximum atomic E-state index is 12.4. The van der Waals surface area contributed by atoms with Crippen molar-refractivity contribution >= 4 is 47.2 Å². The van der Waals surface area contributed by atoms with Crippen LogP contribution in [0.25, 0.3) is 0 Å². The number of aliphatic carboxylic acids is 1. The molecule has 0 rings (SSSR count). The van der Waals surface area contributed by atoms with Gasteiger partial charge < -0.3 is 27.2 Å². The Morgan fingerprint density at radius 1 is 0.923 bits per heavy atom. The van der Waals surface area contributed by atoms with Crippen molar-refractivity contribution in [3.63, 3.8) is 0 Å². The molecule has 150 valence electrons. The average Bonchev–Trinajstić information content (AvgIpc) is 2.58. The molecule has 0 saturated heterocycles. The van der Waals surface area contributed by atoms with Crippen LogP contribution in [0.2, 0.25) is 0 Å². The van der Waals surface area contributed by atoms with Crippen molar-refractivity contribution in [3.8, 4) is 0 Å². The molecule has 11 heteroatoms. The second-order valence-electron chi connectivity index (χ2n) is 5.64. The predicted octanol–water partition coefficient (Wildman–Crippen LogP) is -0.860. The Labute approximate surface area is 161 Å². The first-order chi connectivity index (χ1) is 12.2. The summed E-state index contributed by atoms with van der Waals surface area (Å²) in [5.74, 6) is -1.76. The first-order valence-electron chi connectivity index (χ1n) is 8.08. The second-order valence-corrected chi connectivity index (χ2v) is 7.61. The summed E-state index contributed by atoms with van der Waals surface area (Å²) < 4.78 is 0. The Morgan fingerprint density at radius 3 is 1.96 bits per heavy atom. The number of hydrogen-bond donors (Lipinski definition) is 5. The summed E-state index contributed by atoms with van der Waals surface area (Å²) >= 11 is 2.99. The molecule has 3 amide bonds. The van der Waals surface area contributed by atoms with Gasteiger partial charge in [0.2, 0.25) is 17.7 Å². The Bertz CT molecular complexity index is 493. The number of carboxylic acids is 1. The monoisotopic (exact) mass is 408 g/mol. The second kappa shape index (κ2) is 13.7. The predicted molar refractivity (Wildman–Crippen MR) is 104 cm³/mol. The first-order valence-corrected chi connectivity index (χ1v) is 10.9. The zero-order valence-electron chi connectivity index (χ0n) is 15.0. The van der Waals surface area contributed by atoms with E-state index in [0.29, 0.717) is 17.9 Å². The zero-order valence-corrected chi connectivity index (χ0v) is 16.7. The number of amides is 3. The van der Waals surface area contributed by atoms with Crippen LogP contribution < -0.4 is 22.1 Å². The molecular weight excluding hydrogens is 380 g/mol. The molecule has 0 aliphatic rings. The van der Waals surface area contributed by atoms with Gasteiger partial charge in [-0.3, -0.25) is 14.4 Å². The van der Waals surface area contributed by atoms with Crippen LogP contribution in [0.15, 0.2) is 0 Å². The fourth-order valence-electron chi connectivity index (χ4n) is 1.98. The number of carboxylic acid groups (broad SMARTS) is 1. The van der Waals surface area contributed by atoms with E-state index in [0.717, 1.165) is 0 Å². The molecule has 3 unspecified atom stereocenters. The van der Waals surface area contributed by atoms with E-state index in [-0.39, 0.29) is 19.3 Å². The molecule has 0 bridgehead atoms. The van der Waals surface area contributed by atoms with Crippen LogP contribution in [0, 0.1) is 0 Å². The minimum absolute atomic E-state index is 0.0307. The molecule has 0 aromatic carbocycles. The van der Waals surface area contributed by atoms with E-state index in [9.17, 15) is 24.3 Å². The van der Waals surface area contributed by atoms with Crippen molar-refractivity contribution in [2.24, 2.45) is 11.5 Å². The van der Waals surface area contributed by atoms with Crippen LogP contribution in [0.4, 0.5) is 0 Å². The van der Waals surface area contributed by atoms with Gasteiger partial charge in [0.1, 0.15) is 12.1 Å². The van der Waals surface area contributed by atoms with E-state index < -0.39 is 41.8 Å². The molecule has 0 aromatic rings. The van der Waals surface area contributed by atoms with Crippen molar-refractivity contribution in [1.82, 2.24) is 10.6 Å². The van der Waals surface area contributed by atoms with E-state index in [4.69, 9.17) is 11.5 Å². The number of thioether (sulfide) groups is 2. The van der Waals surface area contributed by atoms with Crippen molar-refractivity contribution in [2.45, 2.75) is 43.8 Å². The highest BCUT2D eigenvalue weighted by Gasteiger charge is 2.27. The van der Waals surface area contributed by atoms with E-state index in [1.165, 1.54) is 23.5 Å². The lowest BCUT2D eigenvalue weighted by Crippen LogP contribution is -2.54. The lowest BCUT2D eigenvalue weighted by Gasteiger charge is -2.22. The minimum Gasteiger partial charge on any atom is -0.480 e. The summed E-state index contributed by atoms with van der Waals surface area (Å²) in [6, 6.07) is -2.95. The summed E-state index contributed by atoms with van der Waals surface area (Å²) in [5, 5.41) is 14.1. The van der Waals surface area contributed by atoms with E-state index in [1.54, 1.807) is 0 Å². The van der Waals surface area contributed by atoms with E-state index >= 15 is 0 Å². The number of hydrogen-bond acceptors (Lipinski definition) is 7. The third kappa shape index (κ3) is 10.5. The number of nitrogens with two attached hydrogens (primary N) is 2. The molecule has 0 heterocycles. The first kappa shape index (κ1) is 24.5. The average molecular weight is 409 g/mol. The molecule has 0 spiro atoms. The van der Waals surface area contributed by atoms with E-state index in [1.807, 2.05) is 12.5 Å². The maximum Gasteiger partial charge on any atom is 0.326 e. The van der Waals surface area contributed by atoms with Gasteiger partial charge in [-0.2, -0.15) is 23.5 Å². The zero-order chi connectivity index (χ0) is 20.1. The Morgan fingerprint density at radius 2 is 1.46 bits per heavy atom. The van der Waals surface area contributed by atoms with Gasteiger partial charge in [0.15, 0.2) is 0 Å². The summed E-state index contributed by atoms with van der Waals surface area (Å²) in [5.41, 5.74) is 10.9. The number of carbonyl (C=O) groups excluding carboxylic acids is 3. The number of carbonyl (C=O) groups is 4. The number of nitrogens with one attached hydrogen (secondary N) is 2. The standard InChI is InChI=1S/C15H28N4O5S2/c1-25-7-5-9(16)13(21)18-10(3-4-12(17)20)14(22)19-11(15(23)24)6-8-26-2/h9-11H,3-8,16H2,1-2H3,(H2,17,20)(H,18,21)(H,19,22)(H,23,24). The molecule has 0 fully saturated rings. The molecule has 0 saturated carbocycles. The van der Waals surface area contributed by atoms with Crippen molar-refractivity contribution < 1.29 is 24.3 Å². The topological polar surface area (TPSA) is 165 Å². The largest absolute Gasteiger partial charge is 0.480 e. The Hall–Kier alpha value is -1.46. The summed E-state index contributed by atoms with van der Waals surface area (Å²) in [7, 11) is 0. The third-order valence-corrected chi connectivity index (χ3v) is 4.80. The Balaban J connectivity index is 4.97. The highest BCUT2D eigenvalue weighted by Crippen LogP contribution is 2.05. The lowest BCUT2D eigenvalue weighted by atomic mass is 10.1. The molecule has 0 aliphatic carbocycles. The van der Waals surface area contributed by atoms with Gasteiger partial charge in [-0.15, -0.1) is 0 Å². The molecule has 9 nitrogen and oxygen atoms in total. The normalized spacial score (nSPS) is 14.1. The van der Waals surface area contributed by atoms with Gasteiger partial charge in [0, 0.05) is 6.42 Å². The highest BCUT2D eigenvalue weighted by atomic mass is 32.2. The lowest BCUT2D eigenvalue weighted by molar-refractivity contribution is -0.142. The smallest absolute Gasteiger partial charge is 0.326 e. The molecular formula is C15H28N4O5S2. The Kier molecular flexibility index (Phi) is 12.9. The van der Waals surface area contributed by atoms with Crippen LogP contribution >= 0.6 is 23.5 Å². The summed E-state index contributed by atoms with van der Waals surface area (Å²) in [4.78, 5) is 46.8. The van der Waals surface area contributed by atoms with Gasteiger partial charge in [-0.05, 0) is 43.3 Å². The van der Waals surface area contributed by atoms with Crippen LogP contribution in [0.1, 0.15) is 25.7 Å². The molecule has 3 atom stereocenters. The molecule has 0 aliphatic heterocycles. The van der Waals surface area contributed by atoms with Gasteiger partial charge in [-0.25, -0.2) is 4.79 Å². The molecule has 26 heavy (non-hydrogen) atoms. The van der Waals surface area contributed by atoms with Crippen LogP contribution in [0.3, 0.4) is 0 Å². The molecule has 0 aromatic heterocycles. The molecule has 7 N–H and O–H groups in total. The van der Waals surface area contributed by atoms with Crippen LogP contribution in [-0.4, -0.2) is 70.9 Å². The summed E-state index contributed by atoms with van der Waals surface area (Å²) in [6.07, 6.45) is 4.23. The van der Waals surface area contributed by atoms with Gasteiger partial charge in [0.05, 0.1) is 6.04 Å². The highest BCUT2D eigenvalue weighted by molar-refractivity contribution is 7.98. The van der Waals surface area contributed by atoms with Crippen LogP contribution in [0.5, 0.6) is 0 Å². The van der Waals surface area contributed by atoms with Crippen LogP contribution in [-0.2, 0) is 19.2 Å². The van der Waals surface area contributed by atoms with E-state index in [2.05, 4.69) is 10.6 Å². The van der Waals surface area contributed by atoms with Gasteiger partial charge in [-0.1, -0.05) is 0 Å². The van der Waals surface area contributed by atoms with Gasteiger partial charge in [0.25, 0.3) is 0 Å². The minimum atomic E-state index is -1.16.